The zero-order valence-corrected chi connectivity index (χ0v) is 6.70. The van der Waals surface area contributed by atoms with Crippen LogP contribution in [0, 0.1) is 0 Å². The number of Topliss-reactive ketones (excluding diaryl/α,β-unsaturated/α-hetero) is 1. The lowest BCUT2D eigenvalue weighted by Crippen LogP contribution is -2.35. The van der Waals surface area contributed by atoms with Crippen molar-refractivity contribution >= 4 is 11.8 Å². The van der Waals surface area contributed by atoms with Gasteiger partial charge in [-0.25, -0.2) is 0 Å². The van der Waals surface area contributed by atoms with E-state index in [9.17, 15) is 4.79 Å². The van der Waals surface area contributed by atoms with Crippen LogP contribution in [0.4, 0.5) is 0 Å². The second-order valence-electron chi connectivity index (χ2n) is 1.97. The first-order chi connectivity index (χ1) is 4.91. The van der Waals surface area contributed by atoms with Gasteiger partial charge in [-0.3, -0.25) is 9.59 Å². The van der Waals surface area contributed by atoms with Crippen LogP contribution in [0.2, 0.25) is 0 Å². The van der Waals surface area contributed by atoms with Gasteiger partial charge in [0.1, 0.15) is 5.78 Å². The Hall–Kier alpha value is -0.940. The molecule has 1 unspecified atom stereocenters. The fourth-order valence-electron chi connectivity index (χ4n) is 0.166. The van der Waals surface area contributed by atoms with Crippen molar-refractivity contribution in [2.75, 3.05) is 6.54 Å². The highest BCUT2D eigenvalue weighted by atomic mass is 16.4. The third kappa shape index (κ3) is 17.6. The van der Waals surface area contributed by atoms with Crippen LogP contribution in [0.15, 0.2) is 0 Å². The van der Waals surface area contributed by atoms with E-state index in [0.29, 0.717) is 0 Å². The van der Waals surface area contributed by atoms with E-state index in [1.807, 2.05) is 0 Å². The van der Waals surface area contributed by atoms with E-state index in [4.69, 9.17) is 21.4 Å². The molecule has 0 saturated carbocycles. The summed E-state index contributed by atoms with van der Waals surface area (Å²) in [6.07, 6.45) is 0. The lowest BCUT2D eigenvalue weighted by Gasteiger charge is -1.99. The standard InChI is InChI=1S/C4H10N2O.C2H4O2/c1-3(7)4(6)2-5;1-2(3)4/h4H,2,5-6H2,1H3;1H3,(H,3,4). The Labute approximate surface area is 65.4 Å². The van der Waals surface area contributed by atoms with Crippen LogP contribution < -0.4 is 11.5 Å². The van der Waals surface area contributed by atoms with Crippen LogP contribution >= 0.6 is 0 Å². The molecule has 66 valence electrons. The highest BCUT2D eigenvalue weighted by Gasteiger charge is 2.01. The zero-order chi connectivity index (χ0) is 9.44. The molecular formula is C6H14N2O3. The third-order valence-electron chi connectivity index (χ3n) is 0.776. The zero-order valence-electron chi connectivity index (χ0n) is 6.70. The molecule has 5 heteroatoms. The number of carbonyl (C=O) groups excluding carboxylic acids is 1. The molecule has 5 N–H and O–H groups in total. The number of ketones is 1. The summed E-state index contributed by atoms with van der Waals surface area (Å²) in [4.78, 5) is 19.2. The maximum Gasteiger partial charge on any atom is 0.300 e. The molecule has 0 aliphatic heterocycles. The van der Waals surface area contributed by atoms with Crippen molar-refractivity contribution in [1.82, 2.24) is 0 Å². The van der Waals surface area contributed by atoms with Crippen LogP contribution in [0.1, 0.15) is 13.8 Å². The number of aliphatic carboxylic acids is 1. The molecule has 0 rings (SSSR count). The van der Waals surface area contributed by atoms with Crippen LogP contribution in [0.3, 0.4) is 0 Å². The SMILES string of the molecule is CC(=O)C(N)CN.CC(=O)O. The van der Waals surface area contributed by atoms with Gasteiger partial charge in [0.05, 0.1) is 6.04 Å². The average molecular weight is 162 g/mol. The topological polar surface area (TPSA) is 106 Å². The van der Waals surface area contributed by atoms with Crippen LogP contribution in [0.5, 0.6) is 0 Å². The Morgan fingerprint density at radius 2 is 1.73 bits per heavy atom. The number of carboxylic acids is 1. The Morgan fingerprint density at radius 1 is 1.45 bits per heavy atom. The first-order valence-corrected chi connectivity index (χ1v) is 3.07. The molecule has 1 atom stereocenters. The number of carboxylic acid groups (broad SMARTS) is 1. The Bertz CT molecular complexity index is 132. The summed E-state index contributed by atoms with van der Waals surface area (Å²) in [5.74, 6) is -0.887. The van der Waals surface area contributed by atoms with E-state index >= 15 is 0 Å². The Morgan fingerprint density at radius 3 is 1.73 bits per heavy atom. The number of carbonyl (C=O) groups is 2. The van der Waals surface area contributed by atoms with Crippen LogP contribution in [0.25, 0.3) is 0 Å². The summed E-state index contributed by atoms with van der Waals surface area (Å²) in [6, 6.07) is -0.458. The second kappa shape index (κ2) is 7.17. The molecular weight excluding hydrogens is 148 g/mol. The summed E-state index contributed by atoms with van der Waals surface area (Å²) in [6.45, 7) is 2.76. The molecule has 0 spiro atoms. The van der Waals surface area contributed by atoms with Crippen molar-refractivity contribution in [3.05, 3.63) is 0 Å². The van der Waals surface area contributed by atoms with Crippen LogP contribution in [-0.2, 0) is 9.59 Å². The predicted octanol–water partition coefficient (Wildman–Crippen LogP) is -1.05. The minimum absolute atomic E-state index is 0.0532. The fraction of sp³-hybridized carbons (Fsp3) is 0.667. The molecule has 0 fully saturated rings. The number of hydrogen-bond donors (Lipinski definition) is 3. The molecule has 0 aromatic rings. The molecule has 0 saturated heterocycles. The molecule has 11 heavy (non-hydrogen) atoms. The summed E-state index contributed by atoms with van der Waals surface area (Å²) in [5.41, 5.74) is 10.2. The van der Waals surface area contributed by atoms with Gasteiger partial charge in [-0.2, -0.15) is 0 Å². The van der Waals surface area contributed by atoms with Crippen molar-refractivity contribution in [3.63, 3.8) is 0 Å². The summed E-state index contributed by atoms with van der Waals surface area (Å²) in [7, 11) is 0. The normalized spacial score (nSPS) is 10.9. The average Bonchev–Trinajstić information content (AvgIpc) is 1.85. The minimum Gasteiger partial charge on any atom is -0.481 e. The second-order valence-corrected chi connectivity index (χ2v) is 1.97. The van der Waals surface area contributed by atoms with E-state index in [2.05, 4.69) is 0 Å². The van der Waals surface area contributed by atoms with Gasteiger partial charge in [-0.05, 0) is 6.92 Å². The largest absolute Gasteiger partial charge is 0.481 e. The van der Waals surface area contributed by atoms with Gasteiger partial charge in [0.25, 0.3) is 5.97 Å². The number of nitrogens with two attached hydrogens (primary N) is 2. The maximum atomic E-state index is 10.2. The van der Waals surface area contributed by atoms with E-state index in [-0.39, 0.29) is 12.3 Å². The third-order valence-corrected chi connectivity index (χ3v) is 0.776. The summed E-state index contributed by atoms with van der Waals surface area (Å²) >= 11 is 0. The lowest BCUT2D eigenvalue weighted by atomic mass is 10.2. The van der Waals surface area contributed by atoms with E-state index in [1.165, 1.54) is 6.92 Å². The first kappa shape index (κ1) is 12.7. The monoisotopic (exact) mass is 162 g/mol. The molecule has 0 aromatic heterocycles. The van der Waals surface area contributed by atoms with Gasteiger partial charge >= 0.3 is 0 Å². The summed E-state index contributed by atoms with van der Waals surface area (Å²) < 4.78 is 0. The van der Waals surface area contributed by atoms with E-state index < -0.39 is 12.0 Å². The summed E-state index contributed by atoms with van der Waals surface area (Å²) in [5, 5.41) is 7.42. The molecule has 0 heterocycles. The molecule has 0 amide bonds. The van der Waals surface area contributed by atoms with Gasteiger partial charge in [0.2, 0.25) is 0 Å². The molecule has 0 aromatic carbocycles. The highest BCUT2D eigenvalue weighted by molar-refractivity contribution is 5.81. The molecule has 0 radical (unpaired) electrons. The van der Waals surface area contributed by atoms with Crippen LogP contribution in [-0.4, -0.2) is 29.4 Å². The van der Waals surface area contributed by atoms with Gasteiger partial charge < -0.3 is 16.6 Å². The molecule has 0 aliphatic carbocycles. The van der Waals surface area contributed by atoms with Gasteiger partial charge in [0, 0.05) is 13.5 Å². The van der Waals surface area contributed by atoms with Gasteiger partial charge in [-0.15, -0.1) is 0 Å². The smallest absolute Gasteiger partial charge is 0.300 e. The van der Waals surface area contributed by atoms with Crippen molar-refractivity contribution in [1.29, 1.82) is 0 Å². The lowest BCUT2D eigenvalue weighted by molar-refractivity contribution is -0.134. The van der Waals surface area contributed by atoms with Gasteiger partial charge in [-0.1, -0.05) is 0 Å². The number of rotatable bonds is 2. The van der Waals surface area contributed by atoms with Gasteiger partial charge in [0.15, 0.2) is 0 Å². The Balaban J connectivity index is 0. The predicted molar refractivity (Wildman–Crippen MR) is 41.0 cm³/mol. The quantitative estimate of drug-likeness (QED) is 0.480. The maximum absolute atomic E-state index is 10.2. The minimum atomic E-state index is -0.833. The fourth-order valence-corrected chi connectivity index (χ4v) is 0.166. The van der Waals surface area contributed by atoms with Crippen molar-refractivity contribution in [2.45, 2.75) is 19.9 Å². The molecule has 0 bridgehead atoms. The Kier molecular flexibility index (Phi) is 8.29. The van der Waals surface area contributed by atoms with Crippen molar-refractivity contribution in [2.24, 2.45) is 11.5 Å². The first-order valence-electron chi connectivity index (χ1n) is 3.07. The molecule has 5 nitrogen and oxygen atoms in total. The van der Waals surface area contributed by atoms with Crippen molar-refractivity contribution in [3.8, 4) is 0 Å². The molecule has 0 aliphatic rings. The van der Waals surface area contributed by atoms with Crippen molar-refractivity contribution < 1.29 is 14.7 Å². The highest BCUT2D eigenvalue weighted by Crippen LogP contribution is 1.72. The van der Waals surface area contributed by atoms with E-state index in [0.717, 1.165) is 6.92 Å². The van der Waals surface area contributed by atoms with E-state index in [1.54, 1.807) is 0 Å². The number of hydrogen-bond acceptors (Lipinski definition) is 4.